The van der Waals surface area contributed by atoms with Crippen molar-refractivity contribution in [2.45, 2.75) is 45.3 Å². The lowest BCUT2D eigenvalue weighted by Crippen LogP contribution is -2.57. The van der Waals surface area contributed by atoms with Crippen LogP contribution in [0.25, 0.3) is 0 Å². The molecule has 4 aliphatic rings. The van der Waals surface area contributed by atoms with E-state index in [2.05, 4.69) is 6.92 Å². The van der Waals surface area contributed by atoms with E-state index in [0.717, 1.165) is 18.4 Å². The van der Waals surface area contributed by atoms with Crippen molar-refractivity contribution in [3.8, 4) is 0 Å². The largest absolute Gasteiger partial charge is 0.393 e. The van der Waals surface area contributed by atoms with Crippen LogP contribution in [0.3, 0.4) is 0 Å². The minimum absolute atomic E-state index is 0.0267. The summed E-state index contributed by atoms with van der Waals surface area (Å²) in [6.45, 7) is 4.12. The van der Waals surface area contributed by atoms with Crippen LogP contribution in [-0.2, 0) is 14.3 Å². The first-order valence-corrected chi connectivity index (χ1v) is 9.19. The lowest BCUT2D eigenvalue weighted by Gasteiger charge is -2.57. The second kappa shape index (κ2) is 5.60. The molecule has 5 unspecified atom stereocenters. The van der Waals surface area contributed by atoms with Gasteiger partial charge in [-0.05, 0) is 43.3 Å². The first-order valence-electron chi connectivity index (χ1n) is 9.19. The topological polar surface area (TPSA) is 83.8 Å². The van der Waals surface area contributed by atoms with Gasteiger partial charge >= 0.3 is 0 Å². The first kappa shape index (κ1) is 17.1. The summed E-state index contributed by atoms with van der Waals surface area (Å²) in [5.74, 6) is 0.192. The van der Waals surface area contributed by atoms with E-state index in [1.165, 1.54) is 0 Å². The summed E-state index contributed by atoms with van der Waals surface area (Å²) in [7, 11) is 0. The number of hydrogen-bond donors (Lipinski definition) is 2. The molecule has 2 N–H and O–H groups in total. The van der Waals surface area contributed by atoms with Crippen LogP contribution in [0.4, 0.5) is 0 Å². The zero-order chi connectivity index (χ0) is 18.0. The number of aliphatic hydroxyl groups excluding tert-OH is 2. The number of Topliss-reactive ketones (excluding diaryl/α,β-unsaturated/α-hetero) is 1. The van der Waals surface area contributed by atoms with Crippen molar-refractivity contribution in [1.29, 1.82) is 0 Å². The van der Waals surface area contributed by atoms with Crippen molar-refractivity contribution < 1.29 is 24.5 Å². The second-order valence-corrected chi connectivity index (χ2v) is 8.64. The fraction of sp³-hybridized carbons (Fsp3) is 0.700. The van der Waals surface area contributed by atoms with Gasteiger partial charge in [-0.1, -0.05) is 25.5 Å². The van der Waals surface area contributed by atoms with E-state index in [4.69, 9.17) is 4.74 Å². The molecule has 7 atom stereocenters. The van der Waals surface area contributed by atoms with E-state index in [9.17, 15) is 19.8 Å². The van der Waals surface area contributed by atoms with Crippen LogP contribution < -0.4 is 0 Å². The smallest absolute Gasteiger partial charge is 0.187 e. The Balaban J connectivity index is 1.71. The van der Waals surface area contributed by atoms with Gasteiger partial charge in [-0.15, -0.1) is 0 Å². The molecule has 2 saturated carbocycles. The Morgan fingerprint density at radius 2 is 2.16 bits per heavy atom. The molecule has 1 saturated heterocycles. The van der Waals surface area contributed by atoms with E-state index in [1.807, 2.05) is 13.0 Å². The van der Waals surface area contributed by atoms with E-state index >= 15 is 0 Å². The number of hydrogen-bond acceptors (Lipinski definition) is 5. The fourth-order valence-electron chi connectivity index (χ4n) is 6.25. The van der Waals surface area contributed by atoms with Crippen LogP contribution >= 0.6 is 0 Å². The van der Waals surface area contributed by atoms with Crippen LogP contribution in [0, 0.1) is 28.6 Å². The molecule has 25 heavy (non-hydrogen) atoms. The van der Waals surface area contributed by atoms with Crippen LogP contribution in [0.5, 0.6) is 0 Å². The number of rotatable bonds is 2. The van der Waals surface area contributed by atoms with Gasteiger partial charge in [0.15, 0.2) is 11.6 Å². The van der Waals surface area contributed by atoms with Crippen molar-refractivity contribution in [2.24, 2.45) is 28.6 Å². The van der Waals surface area contributed by atoms with Gasteiger partial charge in [0.1, 0.15) is 12.7 Å². The third-order valence-corrected chi connectivity index (χ3v) is 7.42. The summed E-state index contributed by atoms with van der Waals surface area (Å²) >= 11 is 0. The summed E-state index contributed by atoms with van der Waals surface area (Å²) < 4.78 is 5.83. The van der Waals surface area contributed by atoms with E-state index in [0.29, 0.717) is 13.0 Å². The van der Waals surface area contributed by atoms with Crippen LogP contribution in [-0.4, -0.2) is 47.2 Å². The average molecular weight is 346 g/mol. The maximum Gasteiger partial charge on any atom is 0.187 e. The predicted molar refractivity (Wildman–Crippen MR) is 90.6 cm³/mol. The van der Waals surface area contributed by atoms with E-state index in [1.54, 1.807) is 12.2 Å². The molecule has 0 spiro atoms. The molecule has 0 radical (unpaired) electrons. The third-order valence-electron chi connectivity index (χ3n) is 7.42. The van der Waals surface area contributed by atoms with E-state index < -0.39 is 24.2 Å². The molecule has 0 aromatic rings. The number of fused-ring (bicyclic) bond motifs is 5. The third kappa shape index (κ3) is 2.25. The second-order valence-electron chi connectivity index (χ2n) is 8.64. The number of ketones is 2. The Kier molecular flexibility index (Phi) is 3.84. The molecule has 0 aromatic heterocycles. The molecular weight excluding hydrogens is 320 g/mol. The van der Waals surface area contributed by atoms with Crippen molar-refractivity contribution in [3.05, 3.63) is 23.8 Å². The molecule has 0 amide bonds. The van der Waals surface area contributed by atoms with E-state index in [-0.39, 0.29) is 34.7 Å². The summed E-state index contributed by atoms with van der Waals surface area (Å²) in [5.41, 5.74) is 0.369. The molecule has 5 heteroatoms. The first-order chi connectivity index (χ1) is 11.8. The van der Waals surface area contributed by atoms with Gasteiger partial charge < -0.3 is 14.9 Å². The van der Waals surface area contributed by atoms with Gasteiger partial charge in [-0.3, -0.25) is 9.59 Å². The Bertz CT molecular complexity index is 680. The summed E-state index contributed by atoms with van der Waals surface area (Å²) in [6, 6.07) is 0. The number of carbonyl (C=O) groups is 2. The highest BCUT2D eigenvalue weighted by Crippen LogP contribution is 2.63. The number of aliphatic hydroxyl groups is 2. The van der Waals surface area contributed by atoms with Crippen LogP contribution in [0.15, 0.2) is 23.8 Å². The standard InChI is InChI=1S/C20H26O5/c1-19-6-5-12(22)7-11(19)3-4-13-14-10-25-18(16(24)9-21)20(14,2)8-15(23)17(13)19/h5-7,13-15,17-18,21,23H,3-4,8-10H2,1-2H3/t13?,14?,15?,17?,18?,19-,20-/m0/s1. The number of ether oxygens (including phenoxy) is 1. The Hall–Kier alpha value is -1.30. The molecule has 0 aromatic carbocycles. The Labute approximate surface area is 147 Å². The van der Waals surface area contributed by atoms with Gasteiger partial charge in [0.2, 0.25) is 0 Å². The molecule has 1 heterocycles. The minimum Gasteiger partial charge on any atom is -0.393 e. The molecular formula is C20H26O5. The monoisotopic (exact) mass is 346 g/mol. The summed E-state index contributed by atoms with van der Waals surface area (Å²) in [5, 5.41) is 20.4. The minimum atomic E-state index is -0.633. The lowest BCUT2D eigenvalue weighted by molar-refractivity contribution is -0.142. The highest BCUT2D eigenvalue weighted by atomic mass is 16.5. The molecule has 0 bridgehead atoms. The number of carbonyl (C=O) groups excluding carboxylic acids is 2. The lowest BCUT2D eigenvalue weighted by atomic mass is 9.47. The van der Waals surface area contributed by atoms with Gasteiger partial charge in [0.05, 0.1) is 12.7 Å². The Morgan fingerprint density at radius 1 is 1.40 bits per heavy atom. The average Bonchev–Trinajstić information content (AvgIpc) is 2.91. The molecule has 5 nitrogen and oxygen atoms in total. The molecule has 3 aliphatic carbocycles. The predicted octanol–water partition coefficient (Wildman–Crippen LogP) is 1.43. The Morgan fingerprint density at radius 3 is 2.88 bits per heavy atom. The molecule has 3 fully saturated rings. The van der Waals surface area contributed by atoms with Crippen molar-refractivity contribution in [2.75, 3.05) is 13.2 Å². The maximum atomic E-state index is 12.2. The molecule has 136 valence electrons. The highest BCUT2D eigenvalue weighted by molar-refractivity contribution is 6.01. The molecule has 4 rings (SSSR count). The van der Waals surface area contributed by atoms with Gasteiger partial charge in [0.25, 0.3) is 0 Å². The van der Waals surface area contributed by atoms with Gasteiger partial charge in [0, 0.05) is 16.7 Å². The van der Waals surface area contributed by atoms with Gasteiger partial charge in [-0.2, -0.15) is 0 Å². The SMILES string of the molecule is C[C@]12CC(O)C3C(CCC4=CC(=O)C=C[C@@]43C)C1COC2C(=O)CO. The van der Waals surface area contributed by atoms with Crippen LogP contribution in [0.1, 0.15) is 33.1 Å². The molecule has 1 aliphatic heterocycles. The van der Waals surface area contributed by atoms with Gasteiger partial charge in [-0.25, -0.2) is 0 Å². The number of allylic oxidation sites excluding steroid dienone is 4. The quantitative estimate of drug-likeness (QED) is 0.790. The zero-order valence-corrected chi connectivity index (χ0v) is 14.8. The van der Waals surface area contributed by atoms with Crippen molar-refractivity contribution in [1.82, 2.24) is 0 Å². The van der Waals surface area contributed by atoms with Crippen LogP contribution in [0.2, 0.25) is 0 Å². The fourth-order valence-corrected chi connectivity index (χ4v) is 6.25. The summed E-state index contributed by atoms with van der Waals surface area (Å²) in [6.07, 6.45) is 6.36. The van der Waals surface area contributed by atoms with Crippen molar-refractivity contribution in [3.63, 3.8) is 0 Å². The van der Waals surface area contributed by atoms with Crippen molar-refractivity contribution >= 4 is 11.6 Å². The maximum absolute atomic E-state index is 12.2. The summed E-state index contributed by atoms with van der Waals surface area (Å²) in [4.78, 5) is 23.9. The zero-order valence-electron chi connectivity index (χ0n) is 14.8. The normalized spacial score (nSPS) is 48.4. The highest BCUT2D eigenvalue weighted by Gasteiger charge is 2.63.